The molecule has 2 aromatic rings. The topological polar surface area (TPSA) is 179 Å². The van der Waals surface area contributed by atoms with E-state index in [2.05, 4.69) is 0 Å². The second kappa shape index (κ2) is 6.81. The summed E-state index contributed by atoms with van der Waals surface area (Å²) in [5.41, 5.74) is -2.55. The summed E-state index contributed by atoms with van der Waals surface area (Å²) in [5, 5.41) is 46.4. The van der Waals surface area contributed by atoms with Gasteiger partial charge in [0.15, 0.2) is 17.2 Å². The Morgan fingerprint density at radius 1 is 0.731 bits per heavy atom. The average Bonchev–Trinajstić information content (AvgIpc) is 2.55. The molecule has 0 aliphatic rings. The molecule has 0 radical (unpaired) electrons. The lowest BCUT2D eigenvalue weighted by Crippen LogP contribution is -2.08. The fraction of sp³-hybridized carbons (Fsp3) is 0. The second-order valence-corrected chi connectivity index (χ2v) is 4.88. The number of aromatic carboxylic acids is 4. The fourth-order valence-corrected chi connectivity index (χ4v) is 2.07. The van der Waals surface area contributed by atoms with Crippen molar-refractivity contribution in [1.82, 2.24) is 0 Å². The van der Waals surface area contributed by atoms with E-state index in [1.807, 2.05) is 0 Å². The Balaban J connectivity index is 2.73. The maximum Gasteiger partial charge on any atom is 0.339 e. The molecule has 0 bridgehead atoms. The molecule has 0 amide bonds. The molecule has 0 atom stereocenters. The summed E-state index contributed by atoms with van der Waals surface area (Å²) < 4.78 is 5.14. The van der Waals surface area contributed by atoms with Crippen molar-refractivity contribution in [3.05, 3.63) is 52.6 Å². The highest BCUT2D eigenvalue weighted by atomic mass is 16.5. The Bertz CT molecular complexity index is 912. The number of carboxylic acid groups (broad SMARTS) is 4. The molecule has 0 heterocycles. The lowest BCUT2D eigenvalue weighted by Gasteiger charge is -2.14. The van der Waals surface area contributed by atoms with E-state index in [1.54, 1.807) is 0 Å². The molecule has 0 fully saturated rings. The number of hydrogen-bond acceptors (Lipinski definition) is 6. The van der Waals surface area contributed by atoms with Gasteiger partial charge in [-0.25, -0.2) is 19.2 Å². The summed E-state index contributed by atoms with van der Waals surface area (Å²) in [6.07, 6.45) is 0. The minimum Gasteiger partial charge on any atom is -0.504 e. The van der Waals surface area contributed by atoms with Crippen molar-refractivity contribution in [2.24, 2.45) is 0 Å². The monoisotopic (exact) mass is 362 g/mol. The summed E-state index contributed by atoms with van der Waals surface area (Å²) in [6, 6.07) is 4.62. The molecule has 0 spiro atoms. The zero-order valence-corrected chi connectivity index (χ0v) is 12.7. The lowest BCUT2D eigenvalue weighted by atomic mass is 10.1. The van der Waals surface area contributed by atoms with E-state index < -0.39 is 63.4 Å². The van der Waals surface area contributed by atoms with Gasteiger partial charge in [0.1, 0.15) is 16.7 Å². The third-order valence-electron chi connectivity index (χ3n) is 3.24. The minimum atomic E-state index is -1.67. The molecule has 0 aliphatic carbocycles. The predicted octanol–water partition coefficient (Wildman–Crippen LogP) is 1.98. The summed E-state index contributed by atoms with van der Waals surface area (Å²) in [4.78, 5) is 44.9. The van der Waals surface area contributed by atoms with Gasteiger partial charge in [-0.05, 0) is 24.3 Å². The molecule has 2 rings (SSSR count). The van der Waals surface area contributed by atoms with Gasteiger partial charge in [-0.2, -0.15) is 0 Å². The number of hydrogen-bond donors (Lipinski definition) is 5. The Morgan fingerprint density at radius 2 is 1.23 bits per heavy atom. The largest absolute Gasteiger partial charge is 0.504 e. The highest BCUT2D eigenvalue weighted by Gasteiger charge is 2.24. The number of rotatable bonds is 6. The van der Waals surface area contributed by atoms with Crippen LogP contribution in [0.5, 0.6) is 17.2 Å². The van der Waals surface area contributed by atoms with Crippen LogP contribution in [-0.4, -0.2) is 49.4 Å². The molecular weight excluding hydrogens is 352 g/mol. The molecule has 2 aromatic carbocycles. The van der Waals surface area contributed by atoms with Crippen LogP contribution in [0, 0.1) is 0 Å². The number of phenols is 1. The molecule has 134 valence electrons. The Labute approximate surface area is 144 Å². The van der Waals surface area contributed by atoms with Crippen LogP contribution in [0.2, 0.25) is 0 Å². The number of benzene rings is 2. The SMILES string of the molecule is O=C(O)c1cc(Oc2c(C(=O)O)cccc2C(=O)O)c(O)c(C(=O)O)c1. The van der Waals surface area contributed by atoms with Crippen molar-refractivity contribution in [3.63, 3.8) is 0 Å². The number of ether oxygens (including phenoxy) is 1. The first kappa shape index (κ1) is 18.3. The van der Waals surface area contributed by atoms with Gasteiger partial charge >= 0.3 is 23.9 Å². The first-order valence-electron chi connectivity index (χ1n) is 6.74. The van der Waals surface area contributed by atoms with E-state index in [0.29, 0.717) is 6.07 Å². The Kier molecular flexibility index (Phi) is 4.78. The van der Waals surface area contributed by atoms with Crippen LogP contribution in [0.1, 0.15) is 41.4 Å². The van der Waals surface area contributed by atoms with Gasteiger partial charge in [-0.3, -0.25) is 0 Å². The van der Waals surface area contributed by atoms with Crippen molar-refractivity contribution >= 4 is 23.9 Å². The van der Waals surface area contributed by atoms with E-state index in [0.717, 1.165) is 24.3 Å². The quantitative estimate of drug-likeness (QED) is 0.510. The Morgan fingerprint density at radius 3 is 1.65 bits per heavy atom. The van der Waals surface area contributed by atoms with Crippen molar-refractivity contribution < 1.29 is 49.4 Å². The van der Waals surface area contributed by atoms with Crippen LogP contribution in [0.4, 0.5) is 0 Å². The normalized spacial score (nSPS) is 10.2. The standard InChI is InChI=1S/C16H10O10/c17-11-9(16(24)25)4-6(13(18)19)5-10(11)26-12-7(14(20)21)2-1-3-8(12)15(22)23/h1-5,17H,(H,18,19)(H,20,21)(H,22,23)(H,24,25). The van der Waals surface area contributed by atoms with E-state index >= 15 is 0 Å². The first-order valence-corrected chi connectivity index (χ1v) is 6.74. The van der Waals surface area contributed by atoms with E-state index in [1.165, 1.54) is 0 Å². The molecule has 0 saturated carbocycles. The molecule has 10 nitrogen and oxygen atoms in total. The molecule has 0 aromatic heterocycles. The number of para-hydroxylation sites is 1. The van der Waals surface area contributed by atoms with Gasteiger partial charge in [0.05, 0.1) is 5.56 Å². The van der Waals surface area contributed by atoms with Gasteiger partial charge < -0.3 is 30.3 Å². The zero-order valence-electron chi connectivity index (χ0n) is 12.7. The van der Waals surface area contributed by atoms with Crippen LogP contribution in [0.15, 0.2) is 30.3 Å². The minimum absolute atomic E-state index is 0.570. The molecule has 10 heteroatoms. The van der Waals surface area contributed by atoms with E-state index in [9.17, 15) is 34.5 Å². The number of carbonyl (C=O) groups is 4. The molecule has 26 heavy (non-hydrogen) atoms. The highest BCUT2D eigenvalue weighted by molar-refractivity contribution is 6.00. The summed E-state index contributed by atoms with van der Waals surface area (Å²) in [6.45, 7) is 0. The van der Waals surface area contributed by atoms with Gasteiger partial charge in [0.25, 0.3) is 0 Å². The van der Waals surface area contributed by atoms with Crippen molar-refractivity contribution in [1.29, 1.82) is 0 Å². The van der Waals surface area contributed by atoms with Crippen LogP contribution in [0.25, 0.3) is 0 Å². The van der Waals surface area contributed by atoms with Gasteiger partial charge in [0.2, 0.25) is 0 Å². The highest BCUT2D eigenvalue weighted by Crippen LogP contribution is 2.38. The van der Waals surface area contributed by atoms with Gasteiger partial charge in [-0.15, -0.1) is 0 Å². The maximum atomic E-state index is 11.3. The maximum absolute atomic E-state index is 11.3. The second-order valence-electron chi connectivity index (χ2n) is 4.88. The molecule has 0 saturated heterocycles. The molecule has 0 aliphatic heterocycles. The number of carboxylic acids is 4. The fourth-order valence-electron chi connectivity index (χ4n) is 2.07. The first-order chi connectivity index (χ1) is 12.1. The van der Waals surface area contributed by atoms with Crippen LogP contribution in [-0.2, 0) is 0 Å². The van der Waals surface area contributed by atoms with Crippen LogP contribution in [0.3, 0.4) is 0 Å². The average molecular weight is 362 g/mol. The summed E-state index contributed by atoms with van der Waals surface area (Å²) >= 11 is 0. The summed E-state index contributed by atoms with van der Waals surface area (Å²) in [7, 11) is 0. The molecule has 0 unspecified atom stereocenters. The van der Waals surface area contributed by atoms with Crippen molar-refractivity contribution in [2.75, 3.05) is 0 Å². The van der Waals surface area contributed by atoms with Crippen LogP contribution < -0.4 is 4.74 Å². The van der Waals surface area contributed by atoms with E-state index in [-0.39, 0.29) is 0 Å². The zero-order chi connectivity index (χ0) is 19.6. The molecule has 5 N–H and O–H groups in total. The molecular formula is C16H10O10. The summed E-state index contributed by atoms with van der Waals surface area (Å²) in [5.74, 6) is -8.70. The Hall–Kier alpha value is -4.08. The van der Waals surface area contributed by atoms with Crippen molar-refractivity contribution in [2.45, 2.75) is 0 Å². The van der Waals surface area contributed by atoms with Crippen molar-refractivity contribution in [3.8, 4) is 17.2 Å². The van der Waals surface area contributed by atoms with Crippen LogP contribution >= 0.6 is 0 Å². The third-order valence-corrected chi connectivity index (χ3v) is 3.24. The smallest absolute Gasteiger partial charge is 0.339 e. The predicted molar refractivity (Wildman–Crippen MR) is 82.5 cm³/mol. The van der Waals surface area contributed by atoms with Gasteiger partial charge in [-0.1, -0.05) is 6.07 Å². The van der Waals surface area contributed by atoms with E-state index in [4.69, 9.17) is 14.9 Å². The third kappa shape index (κ3) is 3.38. The number of aromatic hydroxyl groups is 1. The lowest BCUT2D eigenvalue weighted by molar-refractivity contribution is 0.0668. The van der Waals surface area contributed by atoms with Gasteiger partial charge in [0, 0.05) is 0 Å².